The van der Waals surface area contributed by atoms with Gasteiger partial charge >= 0.3 is 285 Å². The summed E-state index contributed by atoms with van der Waals surface area (Å²) in [5.41, 5.74) is 17.7. The van der Waals surface area contributed by atoms with E-state index in [0.717, 1.165) is 6.42 Å². The number of aryl methyl sites for hydroxylation is 2. The molecular formula is C45H46Cl2SiZr. The Balaban J connectivity index is 0.00000208. The minimum Gasteiger partial charge on any atom is -0.147 e. The Labute approximate surface area is 307 Å². The zero-order valence-corrected chi connectivity index (χ0v) is 34.9. The average molecular weight is 777 g/mol. The summed E-state index contributed by atoms with van der Waals surface area (Å²) in [7, 11) is 0. The van der Waals surface area contributed by atoms with E-state index in [1.54, 1.807) is 22.3 Å². The van der Waals surface area contributed by atoms with Gasteiger partial charge in [-0.2, -0.15) is 0 Å². The molecule has 2 unspecified atom stereocenters. The van der Waals surface area contributed by atoms with E-state index in [1.807, 2.05) is 0 Å². The van der Waals surface area contributed by atoms with Gasteiger partial charge in [-0.25, -0.2) is 0 Å². The molecule has 0 fully saturated rings. The Morgan fingerprint density at radius 2 is 0.980 bits per heavy atom. The molecule has 6 aromatic carbocycles. The number of allylic oxidation sites excluding steroid dienone is 2. The van der Waals surface area contributed by atoms with Crippen LogP contribution in [0.3, 0.4) is 0 Å². The Bertz CT molecular complexity index is 2420. The summed E-state index contributed by atoms with van der Waals surface area (Å²) in [5, 5.41) is 5.29. The summed E-state index contributed by atoms with van der Waals surface area (Å²) < 4.78 is 6.57. The molecule has 0 radical (unpaired) electrons. The molecule has 49 heavy (non-hydrogen) atoms. The standard InChI is InChI=1S/C22H19.C21H17.2CH3.2ClH.H2Si.Zr/c1-3-16-13-21-15(2)11-12-20(22(21)14-16)19-10-6-8-17-7-4-5-9-18(17)19;1-14-12-20-15(2)10-11-19(21(20)13-14)18-9-5-7-16-6-3-4-8-17(16)18;;;;;;/h4-14H,3H2,1-2H3;3-13H,1-2H3;2*1H3;2*1H;1H2;. The zero-order valence-electron chi connectivity index (χ0n) is 29.4. The molecule has 0 saturated carbocycles. The first-order valence-electron chi connectivity index (χ1n) is 17.3. The molecule has 2 aliphatic rings. The van der Waals surface area contributed by atoms with E-state index in [4.69, 9.17) is 0 Å². The molecule has 0 aromatic heterocycles. The maximum atomic E-state index is 2.79. The van der Waals surface area contributed by atoms with Gasteiger partial charge in [-0.1, -0.05) is 0 Å². The van der Waals surface area contributed by atoms with Crippen LogP contribution < -0.4 is 0 Å². The minimum atomic E-state index is -3.75. The topological polar surface area (TPSA) is 0 Å². The van der Waals surface area contributed by atoms with Gasteiger partial charge in [0.15, 0.2) is 0 Å². The number of hydrogen-bond donors (Lipinski definition) is 0. The first-order valence-corrected chi connectivity index (χ1v) is 30.9. The summed E-state index contributed by atoms with van der Waals surface area (Å²) in [5.74, 6) is 0. The Morgan fingerprint density at radius 3 is 1.49 bits per heavy atom. The first-order chi connectivity index (χ1) is 22.6. The third-order valence-corrected chi connectivity index (χ3v) is 29.2. The predicted octanol–water partition coefficient (Wildman–Crippen LogP) is 13.1. The van der Waals surface area contributed by atoms with Crippen molar-refractivity contribution < 1.29 is 17.4 Å². The summed E-state index contributed by atoms with van der Waals surface area (Å²) in [4.78, 5) is 0. The van der Waals surface area contributed by atoms with Crippen molar-refractivity contribution in [3.8, 4) is 22.3 Å². The van der Waals surface area contributed by atoms with Crippen molar-refractivity contribution in [2.24, 2.45) is 0 Å². The van der Waals surface area contributed by atoms with Crippen LogP contribution in [0.4, 0.5) is 0 Å². The Kier molecular flexibility index (Phi) is 9.47. The Morgan fingerprint density at radius 1 is 0.531 bits per heavy atom. The van der Waals surface area contributed by atoms with Crippen molar-refractivity contribution >= 4 is 65.4 Å². The van der Waals surface area contributed by atoms with E-state index in [9.17, 15) is 0 Å². The summed E-state index contributed by atoms with van der Waals surface area (Å²) in [6.07, 6.45) is 6.28. The van der Waals surface area contributed by atoms with E-state index in [2.05, 4.69) is 165 Å². The van der Waals surface area contributed by atoms with Gasteiger partial charge in [-0.15, -0.1) is 24.8 Å². The van der Waals surface area contributed by atoms with Crippen molar-refractivity contribution in [2.45, 2.75) is 50.6 Å². The molecule has 0 nitrogen and oxygen atoms in total. The molecule has 0 heterocycles. The molecule has 0 N–H and O–H groups in total. The van der Waals surface area contributed by atoms with Crippen LogP contribution in [0.1, 0.15) is 60.9 Å². The third kappa shape index (κ3) is 5.50. The van der Waals surface area contributed by atoms with Crippen LogP contribution in [0.2, 0.25) is 9.26 Å². The fourth-order valence-electron chi connectivity index (χ4n) is 9.73. The largest absolute Gasteiger partial charge is 0.147 e. The van der Waals surface area contributed by atoms with Crippen molar-refractivity contribution in [1.29, 1.82) is 0 Å². The second kappa shape index (κ2) is 13.0. The predicted molar refractivity (Wildman–Crippen MR) is 220 cm³/mol. The maximum absolute atomic E-state index is 3.75. The van der Waals surface area contributed by atoms with Crippen LogP contribution in [0, 0.1) is 13.8 Å². The van der Waals surface area contributed by atoms with Crippen molar-refractivity contribution in [3.63, 3.8) is 0 Å². The van der Waals surface area contributed by atoms with Gasteiger partial charge in [0.05, 0.1) is 0 Å². The third-order valence-electron chi connectivity index (χ3n) is 11.6. The van der Waals surface area contributed by atoms with Crippen LogP contribution in [0.15, 0.2) is 120 Å². The zero-order chi connectivity index (χ0) is 32.7. The van der Waals surface area contributed by atoms with Gasteiger partial charge in [-0.05, 0) is 0 Å². The summed E-state index contributed by atoms with van der Waals surface area (Å²) in [6, 6.07) is 40.9. The van der Waals surface area contributed by atoms with Gasteiger partial charge in [-0.3, -0.25) is 0 Å². The van der Waals surface area contributed by atoms with Crippen LogP contribution in [0.25, 0.3) is 56.0 Å². The second-order valence-corrected chi connectivity index (χ2v) is 45.8. The minimum absolute atomic E-state index is 0. The summed E-state index contributed by atoms with van der Waals surface area (Å²) >= 11 is -3.75. The molecule has 2 atom stereocenters. The first kappa shape index (κ1) is 35.8. The SMILES string of the molecule is CCC1=Cc2c(-c3cccc4ccccc34)ccc(C)c2[CH]1[Zr]([CH3])([CH3])(=[SiH2])[CH]1C(C)=Cc2c(-c3cccc4ccccc34)ccc(C)c21.Cl.Cl. The second-order valence-electron chi connectivity index (χ2n) is 15.3. The van der Waals surface area contributed by atoms with E-state index in [-0.39, 0.29) is 24.8 Å². The van der Waals surface area contributed by atoms with Gasteiger partial charge in [0.25, 0.3) is 0 Å². The average Bonchev–Trinajstić information content (AvgIpc) is 3.66. The molecule has 8 rings (SSSR count). The van der Waals surface area contributed by atoms with Crippen LogP contribution in [0.5, 0.6) is 0 Å². The molecule has 248 valence electrons. The molecule has 0 saturated heterocycles. The van der Waals surface area contributed by atoms with Gasteiger partial charge < -0.3 is 0 Å². The van der Waals surface area contributed by atoms with Crippen LogP contribution >= 0.6 is 24.8 Å². The van der Waals surface area contributed by atoms with Crippen LogP contribution in [-0.4, -0.2) is 6.88 Å². The maximum Gasteiger partial charge on any atom is -0.147 e. The van der Waals surface area contributed by atoms with E-state index >= 15 is 0 Å². The Hall–Kier alpha value is -3.00. The monoisotopic (exact) mass is 774 g/mol. The molecule has 4 heteroatoms. The van der Waals surface area contributed by atoms with Crippen molar-refractivity contribution in [1.82, 2.24) is 0 Å². The molecule has 0 bridgehead atoms. The number of hydrogen-bond acceptors (Lipinski definition) is 0. The fourth-order valence-corrected chi connectivity index (χ4v) is 30.5. The van der Waals surface area contributed by atoms with E-state index in [1.165, 1.54) is 66.1 Å². The van der Waals surface area contributed by atoms with Crippen molar-refractivity contribution in [2.75, 3.05) is 0 Å². The quantitative estimate of drug-likeness (QED) is 0.153. The van der Waals surface area contributed by atoms with Gasteiger partial charge in [0, 0.05) is 0 Å². The number of rotatable bonds is 5. The molecule has 0 spiro atoms. The van der Waals surface area contributed by atoms with Gasteiger partial charge in [0.2, 0.25) is 0 Å². The summed E-state index contributed by atoms with van der Waals surface area (Å²) in [6.45, 7) is 12.0. The molecule has 2 aliphatic carbocycles. The van der Waals surface area contributed by atoms with Crippen LogP contribution in [-0.2, 0) is 17.4 Å². The molecule has 6 aromatic rings. The smallest absolute Gasteiger partial charge is 0.147 e. The number of halogens is 2. The number of fused-ring (bicyclic) bond motifs is 4. The van der Waals surface area contributed by atoms with Gasteiger partial charge in [0.1, 0.15) is 0 Å². The molecule has 0 amide bonds. The fraction of sp³-hybridized carbons (Fsp3) is 0.200. The van der Waals surface area contributed by atoms with E-state index in [0.29, 0.717) is 7.25 Å². The normalized spacial score (nSPS) is 16.8. The molecule has 0 aliphatic heterocycles. The number of benzene rings is 6. The van der Waals surface area contributed by atoms with E-state index < -0.39 is 17.4 Å². The molecular weight excluding hydrogens is 731 g/mol. The van der Waals surface area contributed by atoms with Crippen molar-refractivity contribution in [3.05, 3.63) is 154 Å².